The van der Waals surface area contributed by atoms with Gasteiger partial charge in [0.05, 0.1) is 5.25 Å². The van der Waals surface area contributed by atoms with Crippen LogP contribution >= 0.6 is 11.9 Å². The molecule has 1 fully saturated rings. The first-order chi connectivity index (χ1) is 4.25. The van der Waals surface area contributed by atoms with Crippen molar-refractivity contribution in [3.63, 3.8) is 0 Å². The molecule has 50 valence electrons. The summed E-state index contributed by atoms with van der Waals surface area (Å²) in [5, 5.41) is -0.141. The quantitative estimate of drug-likeness (QED) is 0.421. The Kier molecular flexibility index (Phi) is 1.75. The third-order valence-corrected chi connectivity index (χ3v) is 2.32. The summed E-state index contributed by atoms with van der Waals surface area (Å²) in [6.45, 7) is 1.88. The van der Waals surface area contributed by atoms with Crippen molar-refractivity contribution in [1.82, 2.24) is 4.72 Å². The molecule has 1 aliphatic heterocycles. The second kappa shape index (κ2) is 2.39. The first-order valence-electron chi connectivity index (χ1n) is 2.75. The lowest BCUT2D eigenvalue weighted by molar-refractivity contribution is -0.135. The highest BCUT2D eigenvalue weighted by atomic mass is 32.2. The van der Waals surface area contributed by atoms with Crippen molar-refractivity contribution in [3.05, 3.63) is 0 Å². The van der Waals surface area contributed by atoms with Crippen LogP contribution in [-0.4, -0.2) is 16.9 Å². The highest BCUT2D eigenvalue weighted by Gasteiger charge is 2.31. The average Bonchev–Trinajstić information content (AvgIpc) is 2.15. The van der Waals surface area contributed by atoms with Crippen molar-refractivity contribution < 1.29 is 9.59 Å². The molecule has 4 heteroatoms. The largest absolute Gasteiger partial charge is 0.298 e. The number of nitrogens with one attached hydrogen (secondary N) is 1. The third-order valence-electron chi connectivity index (χ3n) is 1.18. The zero-order chi connectivity index (χ0) is 6.85. The molecule has 1 rings (SSSR count). The molecule has 0 aromatic heterocycles. The highest BCUT2D eigenvalue weighted by Crippen LogP contribution is 2.17. The van der Waals surface area contributed by atoms with E-state index in [0.717, 1.165) is 6.42 Å². The zero-order valence-electron chi connectivity index (χ0n) is 5.01. The molecule has 1 saturated heterocycles. The first kappa shape index (κ1) is 6.61. The second-order valence-corrected chi connectivity index (χ2v) is 2.82. The van der Waals surface area contributed by atoms with Crippen LogP contribution in [0.4, 0.5) is 0 Å². The summed E-state index contributed by atoms with van der Waals surface area (Å²) >= 11 is 1.21. The Morgan fingerprint density at radius 3 is 2.56 bits per heavy atom. The summed E-state index contributed by atoms with van der Waals surface area (Å²) in [5.41, 5.74) is 0. The van der Waals surface area contributed by atoms with E-state index in [1.807, 2.05) is 6.92 Å². The van der Waals surface area contributed by atoms with Crippen LogP contribution in [0.3, 0.4) is 0 Å². The van der Waals surface area contributed by atoms with Crippen LogP contribution in [0.15, 0.2) is 0 Å². The lowest BCUT2D eigenvalue weighted by Gasteiger charge is -1.94. The summed E-state index contributed by atoms with van der Waals surface area (Å²) < 4.78 is 2.40. The molecule has 0 aromatic carbocycles. The molecule has 1 amide bonds. The van der Waals surface area contributed by atoms with Gasteiger partial charge in [-0.1, -0.05) is 6.92 Å². The fraction of sp³-hybridized carbons (Fsp3) is 0.600. The number of ketones is 1. The van der Waals surface area contributed by atoms with Gasteiger partial charge < -0.3 is 0 Å². The highest BCUT2D eigenvalue weighted by molar-refractivity contribution is 8.00. The summed E-state index contributed by atoms with van der Waals surface area (Å²) in [6, 6.07) is 0. The summed E-state index contributed by atoms with van der Waals surface area (Å²) in [4.78, 5) is 21.2. The average molecular weight is 145 g/mol. The van der Waals surface area contributed by atoms with Crippen molar-refractivity contribution in [2.75, 3.05) is 0 Å². The fourth-order valence-electron chi connectivity index (χ4n) is 0.643. The van der Waals surface area contributed by atoms with E-state index in [0.29, 0.717) is 0 Å². The zero-order valence-corrected chi connectivity index (χ0v) is 5.83. The Hall–Kier alpha value is -0.510. The van der Waals surface area contributed by atoms with E-state index in [9.17, 15) is 9.59 Å². The fourth-order valence-corrected chi connectivity index (χ4v) is 1.37. The van der Waals surface area contributed by atoms with Gasteiger partial charge >= 0.3 is 0 Å². The van der Waals surface area contributed by atoms with Gasteiger partial charge in [-0.15, -0.1) is 0 Å². The van der Waals surface area contributed by atoms with E-state index < -0.39 is 5.91 Å². The summed E-state index contributed by atoms with van der Waals surface area (Å²) in [6.07, 6.45) is 0.724. The molecule has 1 aliphatic rings. The number of hydrogen-bond acceptors (Lipinski definition) is 3. The SMILES string of the molecule is CCC1SNC(=O)C1=O. The number of carbonyl (C=O) groups is 2. The van der Waals surface area contributed by atoms with Gasteiger partial charge in [-0.2, -0.15) is 0 Å². The number of Topliss-reactive ketones (excluding diaryl/α,β-unsaturated/α-hetero) is 1. The van der Waals surface area contributed by atoms with Gasteiger partial charge in [0, 0.05) is 0 Å². The van der Waals surface area contributed by atoms with Gasteiger partial charge in [-0.05, 0) is 18.4 Å². The molecule has 0 saturated carbocycles. The van der Waals surface area contributed by atoms with Crippen LogP contribution in [0.1, 0.15) is 13.3 Å². The van der Waals surface area contributed by atoms with Crippen molar-refractivity contribution >= 4 is 23.6 Å². The smallest absolute Gasteiger partial charge is 0.293 e. The topological polar surface area (TPSA) is 46.2 Å². The van der Waals surface area contributed by atoms with Gasteiger partial charge in [0.1, 0.15) is 0 Å². The molecule has 0 spiro atoms. The lowest BCUT2D eigenvalue weighted by atomic mass is 10.2. The Morgan fingerprint density at radius 1 is 1.67 bits per heavy atom. The Morgan fingerprint density at radius 2 is 2.33 bits per heavy atom. The normalized spacial score (nSPS) is 26.6. The minimum Gasteiger partial charge on any atom is -0.293 e. The number of hydrogen-bond donors (Lipinski definition) is 1. The predicted octanol–water partition coefficient (Wildman–Crippen LogP) is 0.112. The maximum absolute atomic E-state index is 10.7. The molecule has 9 heavy (non-hydrogen) atoms. The van der Waals surface area contributed by atoms with E-state index >= 15 is 0 Å². The van der Waals surface area contributed by atoms with Crippen LogP contribution in [0.25, 0.3) is 0 Å². The van der Waals surface area contributed by atoms with E-state index in [2.05, 4.69) is 4.72 Å². The Balaban J connectivity index is 2.62. The van der Waals surface area contributed by atoms with Crippen LogP contribution in [0, 0.1) is 0 Å². The van der Waals surface area contributed by atoms with Crippen LogP contribution < -0.4 is 4.72 Å². The van der Waals surface area contributed by atoms with E-state index in [1.165, 1.54) is 11.9 Å². The molecule has 0 aromatic rings. The van der Waals surface area contributed by atoms with Gasteiger partial charge in [0.15, 0.2) is 0 Å². The predicted molar refractivity (Wildman–Crippen MR) is 34.8 cm³/mol. The van der Waals surface area contributed by atoms with E-state index in [1.54, 1.807) is 0 Å². The van der Waals surface area contributed by atoms with Crippen molar-refractivity contribution in [2.45, 2.75) is 18.6 Å². The third kappa shape index (κ3) is 1.08. The maximum atomic E-state index is 10.7. The van der Waals surface area contributed by atoms with Gasteiger partial charge in [0.2, 0.25) is 5.78 Å². The molecule has 0 radical (unpaired) electrons. The van der Waals surface area contributed by atoms with Crippen molar-refractivity contribution in [3.8, 4) is 0 Å². The maximum Gasteiger partial charge on any atom is 0.298 e. The monoisotopic (exact) mass is 145 g/mol. The molecule has 1 unspecified atom stereocenters. The second-order valence-electron chi connectivity index (χ2n) is 1.81. The van der Waals surface area contributed by atoms with Gasteiger partial charge in [-0.3, -0.25) is 14.3 Å². The number of amides is 1. The minimum absolute atomic E-state index is 0.141. The molecule has 1 heterocycles. The molecule has 0 aliphatic carbocycles. The van der Waals surface area contributed by atoms with E-state index in [4.69, 9.17) is 0 Å². The van der Waals surface area contributed by atoms with Crippen molar-refractivity contribution in [2.24, 2.45) is 0 Å². The molecule has 0 bridgehead atoms. The van der Waals surface area contributed by atoms with Crippen LogP contribution in [0.5, 0.6) is 0 Å². The number of rotatable bonds is 1. The Labute approximate surface area is 57.3 Å². The lowest BCUT2D eigenvalue weighted by Crippen LogP contribution is -2.20. The molecule has 1 N–H and O–H groups in total. The molecule has 1 atom stereocenters. The first-order valence-corrected chi connectivity index (χ1v) is 3.63. The standard InChI is InChI=1S/C5H7NO2S/c1-2-3-4(7)5(8)6-9-3/h3H,2H2,1H3,(H,6,8). The Bertz CT molecular complexity index is 157. The minimum atomic E-state index is -0.452. The van der Waals surface area contributed by atoms with Crippen molar-refractivity contribution in [1.29, 1.82) is 0 Å². The molecular weight excluding hydrogens is 138 g/mol. The van der Waals surface area contributed by atoms with Crippen LogP contribution in [0.2, 0.25) is 0 Å². The summed E-state index contributed by atoms with van der Waals surface area (Å²) in [5.74, 6) is -0.741. The van der Waals surface area contributed by atoms with Crippen LogP contribution in [-0.2, 0) is 9.59 Å². The van der Waals surface area contributed by atoms with E-state index in [-0.39, 0.29) is 11.0 Å². The number of carbonyl (C=O) groups excluding carboxylic acids is 2. The molecule has 3 nitrogen and oxygen atoms in total. The molecular formula is C5H7NO2S. The summed E-state index contributed by atoms with van der Waals surface area (Å²) in [7, 11) is 0. The van der Waals surface area contributed by atoms with Gasteiger partial charge in [0.25, 0.3) is 5.91 Å². The van der Waals surface area contributed by atoms with Gasteiger partial charge in [-0.25, -0.2) is 0 Å².